The Bertz CT molecular complexity index is 774. The van der Waals surface area contributed by atoms with Gasteiger partial charge in [-0.05, 0) is 13.0 Å². The van der Waals surface area contributed by atoms with Crippen molar-refractivity contribution in [3.63, 3.8) is 0 Å². The average molecular weight is 301 g/mol. The number of H-pyrrole nitrogens is 1. The number of aromatic nitrogens is 5. The number of aromatic amines is 1. The molecule has 0 amide bonds. The molecule has 7 nitrogen and oxygen atoms in total. The monoisotopic (exact) mass is 301 g/mol. The molecule has 4 heterocycles. The lowest BCUT2D eigenvalue weighted by atomic mass is 10.1. The second kappa shape index (κ2) is 5.05. The number of hydrogen-bond donors (Lipinski definition) is 3. The van der Waals surface area contributed by atoms with Crippen LogP contribution >= 0.6 is 11.3 Å². The maximum absolute atomic E-state index is 4.31. The number of anilines is 1. The van der Waals surface area contributed by atoms with Crippen molar-refractivity contribution in [1.82, 2.24) is 30.5 Å². The van der Waals surface area contributed by atoms with E-state index in [1.165, 1.54) is 0 Å². The van der Waals surface area contributed by atoms with Crippen molar-refractivity contribution in [1.29, 1.82) is 0 Å². The van der Waals surface area contributed by atoms with E-state index in [1.54, 1.807) is 17.7 Å². The lowest BCUT2D eigenvalue weighted by Gasteiger charge is -2.23. The molecule has 1 saturated heterocycles. The molecule has 0 aliphatic carbocycles. The molecular formula is C13H15N7S. The van der Waals surface area contributed by atoms with Gasteiger partial charge in [-0.1, -0.05) is 11.3 Å². The van der Waals surface area contributed by atoms with Gasteiger partial charge in [0.1, 0.15) is 27.8 Å². The van der Waals surface area contributed by atoms with E-state index in [4.69, 9.17) is 0 Å². The van der Waals surface area contributed by atoms with Crippen LogP contribution in [0.4, 0.5) is 5.82 Å². The Morgan fingerprint density at radius 3 is 3.05 bits per heavy atom. The summed E-state index contributed by atoms with van der Waals surface area (Å²) in [5, 5.41) is 18.2. The summed E-state index contributed by atoms with van der Waals surface area (Å²) in [6.07, 6.45) is 1.56. The van der Waals surface area contributed by atoms with Crippen LogP contribution < -0.4 is 10.6 Å². The Morgan fingerprint density at radius 1 is 1.33 bits per heavy atom. The normalized spacial score (nSPS) is 15.3. The molecule has 0 saturated carbocycles. The predicted molar refractivity (Wildman–Crippen MR) is 81.5 cm³/mol. The largest absolute Gasteiger partial charge is 0.363 e. The van der Waals surface area contributed by atoms with Crippen LogP contribution in [0, 0.1) is 6.92 Å². The fourth-order valence-electron chi connectivity index (χ4n) is 2.34. The lowest BCUT2D eigenvalue weighted by molar-refractivity contribution is 0.444. The molecule has 3 aromatic heterocycles. The molecule has 3 aromatic rings. The Kier molecular flexibility index (Phi) is 3.04. The van der Waals surface area contributed by atoms with Gasteiger partial charge in [0.15, 0.2) is 0 Å². The number of nitrogens with zero attached hydrogens (tertiary/aromatic N) is 4. The molecule has 21 heavy (non-hydrogen) atoms. The second-order valence-electron chi connectivity index (χ2n) is 5.18. The first-order chi connectivity index (χ1) is 10.3. The molecule has 0 radical (unpaired) electrons. The van der Waals surface area contributed by atoms with Crippen LogP contribution in [0.1, 0.15) is 21.6 Å². The van der Waals surface area contributed by atoms with E-state index in [0.717, 1.165) is 45.6 Å². The quantitative estimate of drug-likeness (QED) is 0.675. The first-order valence-electron chi connectivity index (χ1n) is 6.87. The molecule has 3 N–H and O–H groups in total. The van der Waals surface area contributed by atoms with Crippen LogP contribution in [0.2, 0.25) is 0 Å². The second-order valence-corrected chi connectivity index (χ2v) is 6.27. The summed E-state index contributed by atoms with van der Waals surface area (Å²) in [4.78, 5) is 11.7. The molecule has 0 bridgehead atoms. The van der Waals surface area contributed by atoms with Crippen LogP contribution in [0.5, 0.6) is 0 Å². The van der Waals surface area contributed by atoms with E-state index in [1.807, 2.05) is 13.0 Å². The minimum Gasteiger partial charge on any atom is -0.363 e. The highest BCUT2D eigenvalue weighted by atomic mass is 32.1. The summed E-state index contributed by atoms with van der Waals surface area (Å²) in [5.41, 5.74) is 1.92. The summed E-state index contributed by atoms with van der Waals surface area (Å²) in [7, 11) is 0. The predicted octanol–water partition coefficient (Wildman–Crippen LogP) is 1.42. The standard InChI is InChI=1S/C13H15N7S/c1-7-2-9-11(16-6-17-12(9)18-7)15-5-10-19-20-13(21-10)8-3-14-4-8/h2,6,8,14H,3-5H2,1H3,(H2,15,16,17,18). The van der Waals surface area contributed by atoms with Crippen molar-refractivity contribution in [2.45, 2.75) is 19.4 Å². The number of hydrogen-bond acceptors (Lipinski definition) is 7. The van der Waals surface area contributed by atoms with Crippen molar-refractivity contribution in [2.75, 3.05) is 18.4 Å². The molecule has 1 aliphatic heterocycles. The third-order valence-electron chi connectivity index (χ3n) is 3.58. The minimum atomic E-state index is 0.536. The van der Waals surface area contributed by atoms with E-state index in [0.29, 0.717) is 12.5 Å². The zero-order valence-electron chi connectivity index (χ0n) is 11.6. The van der Waals surface area contributed by atoms with Gasteiger partial charge in [0.25, 0.3) is 0 Å². The number of aryl methyl sites for hydroxylation is 1. The van der Waals surface area contributed by atoms with E-state index in [9.17, 15) is 0 Å². The molecular weight excluding hydrogens is 286 g/mol. The average Bonchev–Trinajstić information content (AvgIpc) is 3.00. The van der Waals surface area contributed by atoms with Crippen LogP contribution in [-0.2, 0) is 6.54 Å². The van der Waals surface area contributed by atoms with Crippen LogP contribution in [0.3, 0.4) is 0 Å². The highest BCUT2D eigenvalue weighted by Gasteiger charge is 2.22. The van der Waals surface area contributed by atoms with Gasteiger partial charge in [-0.25, -0.2) is 9.97 Å². The molecule has 4 rings (SSSR count). The Labute approximate surface area is 125 Å². The van der Waals surface area contributed by atoms with E-state index in [-0.39, 0.29) is 0 Å². The van der Waals surface area contributed by atoms with Gasteiger partial charge in [-0.2, -0.15) is 0 Å². The number of fused-ring (bicyclic) bond motifs is 1. The minimum absolute atomic E-state index is 0.536. The zero-order valence-corrected chi connectivity index (χ0v) is 12.4. The Morgan fingerprint density at radius 2 is 2.24 bits per heavy atom. The summed E-state index contributed by atoms with van der Waals surface area (Å²) in [6, 6.07) is 2.04. The summed E-state index contributed by atoms with van der Waals surface area (Å²) >= 11 is 1.67. The molecule has 1 aliphatic rings. The van der Waals surface area contributed by atoms with Gasteiger partial charge in [0.2, 0.25) is 0 Å². The van der Waals surface area contributed by atoms with Crippen molar-refractivity contribution in [3.8, 4) is 0 Å². The summed E-state index contributed by atoms with van der Waals surface area (Å²) < 4.78 is 0. The first kappa shape index (κ1) is 12.7. The van der Waals surface area contributed by atoms with E-state index < -0.39 is 0 Å². The fourth-order valence-corrected chi connectivity index (χ4v) is 3.22. The zero-order chi connectivity index (χ0) is 14.2. The van der Waals surface area contributed by atoms with Crippen molar-refractivity contribution in [2.24, 2.45) is 0 Å². The molecule has 1 fully saturated rings. The van der Waals surface area contributed by atoms with Crippen LogP contribution in [0.15, 0.2) is 12.4 Å². The maximum Gasteiger partial charge on any atom is 0.143 e. The number of rotatable bonds is 4. The van der Waals surface area contributed by atoms with E-state index in [2.05, 4.69) is 35.8 Å². The summed E-state index contributed by atoms with van der Waals surface area (Å²) in [5.74, 6) is 1.36. The topological polar surface area (TPSA) is 91.4 Å². The van der Waals surface area contributed by atoms with Gasteiger partial charge in [0.05, 0.1) is 11.9 Å². The van der Waals surface area contributed by atoms with Gasteiger partial charge >= 0.3 is 0 Å². The van der Waals surface area contributed by atoms with Crippen molar-refractivity contribution >= 4 is 28.2 Å². The molecule has 8 heteroatoms. The SMILES string of the molecule is Cc1cc2c(NCc3nnc(C4CNC4)s3)ncnc2[nH]1. The molecule has 0 atom stereocenters. The summed E-state index contributed by atoms with van der Waals surface area (Å²) in [6.45, 7) is 4.66. The third kappa shape index (κ3) is 2.36. The first-order valence-corrected chi connectivity index (χ1v) is 7.68. The highest BCUT2D eigenvalue weighted by Crippen LogP contribution is 2.24. The lowest BCUT2D eigenvalue weighted by Crippen LogP contribution is -2.39. The van der Waals surface area contributed by atoms with Gasteiger partial charge in [0, 0.05) is 24.7 Å². The molecule has 0 unspecified atom stereocenters. The van der Waals surface area contributed by atoms with Crippen molar-refractivity contribution < 1.29 is 0 Å². The van der Waals surface area contributed by atoms with Gasteiger partial charge < -0.3 is 15.6 Å². The van der Waals surface area contributed by atoms with E-state index >= 15 is 0 Å². The smallest absolute Gasteiger partial charge is 0.143 e. The maximum atomic E-state index is 4.31. The van der Waals surface area contributed by atoms with Gasteiger partial charge in [-0.15, -0.1) is 10.2 Å². The molecule has 0 spiro atoms. The Balaban J connectivity index is 1.51. The molecule has 108 valence electrons. The van der Waals surface area contributed by atoms with Crippen LogP contribution in [-0.4, -0.2) is 38.2 Å². The third-order valence-corrected chi connectivity index (χ3v) is 4.67. The van der Waals surface area contributed by atoms with Gasteiger partial charge in [-0.3, -0.25) is 0 Å². The number of nitrogens with one attached hydrogen (secondary N) is 3. The highest BCUT2D eigenvalue weighted by molar-refractivity contribution is 7.11. The van der Waals surface area contributed by atoms with Crippen molar-refractivity contribution in [3.05, 3.63) is 28.1 Å². The van der Waals surface area contributed by atoms with Crippen LogP contribution in [0.25, 0.3) is 11.0 Å². The fraction of sp³-hybridized carbons (Fsp3) is 0.385. The molecule has 0 aromatic carbocycles. The Hall–Kier alpha value is -2.06.